The van der Waals surface area contributed by atoms with Crippen LogP contribution in [0.15, 0.2) is 88.5 Å². The summed E-state index contributed by atoms with van der Waals surface area (Å²) >= 11 is 0. The quantitative estimate of drug-likeness (QED) is 0.581. The van der Waals surface area contributed by atoms with Crippen molar-refractivity contribution in [1.29, 1.82) is 0 Å². The van der Waals surface area contributed by atoms with Crippen LogP contribution in [0.25, 0.3) is 11.5 Å². The molecule has 0 radical (unpaired) electrons. The number of amides is 1. The molecule has 4 aromatic rings. The van der Waals surface area contributed by atoms with E-state index in [-0.39, 0.29) is 11.5 Å². The summed E-state index contributed by atoms with van der Waals surface area (Å²) in [6.07, 6.45) is 2.90. The number of carbonyl (C=O) groups excluding carboxylic acids is 1. The van der Waals surface area contributed by atoms with Gasteiger partial charge in [0.05, 0.1) is 12.1 Å². The molecule has 7 heteroatoms. The molecule has 0 unspecified atom stereocenters. The number of anilines is 1. The Kier molecular flexibility index (Phi) is 4.79. The number of carbonyl (C=O) groups is 1. The van der Waals surface area contributed by atoms with Crippen LogP contribution in [0.5, 0.6) is 0 Å². The maximum Gasteiger partial charge on any atom is 0.255 e. The van der Waals surface area contributed by atoms with Gasteiger partial charge in [-0.2, -0.15) is 0 Å². The van der Waals surface area contributed by atoms with Gasteiger partial charge in [-0.25, -0.2) is 0 Å². The molecule has 2 heterocycles. The Bertz CT molecular complexity index is 1150. The molecule has 0 spiro atoms. The summed E-state index contributed by atoms with van der Waals surface area (Å²) in [6, 6.07) is 19.5. The highest BCUT2D eigenvalue weighted by Gasteiger charge is 2.09. The third-order valence-electron chi connectivity index (χ3n) is 4.16. The monoisotopic (exact) mass is 372 g/mol. The molecule has 0 aliphatic carbocycles. The van der Waals surface area contributed by atoms with Gasteiger partial charge < -0.3 is 14.3 Å². The highest BCUT2D eigenvalue weighted by atomic mass is 16.4. The van der Waals surface area contributed by atoms with Crippen molar-refractivity contribution in [3.05, 3.63) is 101 Å². The molecule has 1 amide bonds. The minimum absolute atomic E-state index is 0.164. The second kappa shape index (κ2) is 7.71. The smallest absolute Gasteiger partial charge is 0.255 e. The van der Waals surface area contributed by atoms with Gasteiger partial charge in [0.25, 0.3) is 11.5 Å². The van der Waals surface area contributed by atoms with E-state index in [0.29, 0.717) is 23.6 Å². The molecule has 2 aromatic heterocycles. The van der Waals surface area contributed by atoms with E-state index in [1.54, 1.807) is 30.5 Å². The second-order valence-electron chi connectivity index (χ2n) is 6.15. The number of hydrogen-bond donors (Lipinski definition) is 1. The van der Waals surface area contributed by atoms with Gasteiger partial charge in [-0.05, 0) is 35.9 Å². The zero-order valence-corrected chi connectivity index (χ0v) is 14.8. The van der Waals surface area contributed by atoms with Crippen LogP contribution in [0, 0.1) is 0 Å². The van der Waals surface area contributed by atoms with E-state index >= 15 is 0 Å². The van der Waals surface area contributed by atoms with E-state index in [1.807, 2.05) is 36.4 Å². The van der Waals surface area contributed by atoms with Gasteiger partial charge in [0.15, 0.2) is 0 Å². The number of pyridine rings is 1. The number of nitrogens with zero attached hydrogens (tertiary/aromatic N) is 3. The number of rotatable bonds is 5. The molecule has 0 saturated heterocycles. The van der Waals surface area contributed by atoms with Crippen molar-refractivity contribution >= 4 is 11.6 Å². The van der Waals surface area contributed by atoms with Gasteiger partial charge in [0, 0.05) is 23.5 Å². The molecule has 28 heavy (non-hydrogen) atoms. The van der Waals surface area contributed by atoms with Gasteiger partial charge in [-0.1, -0.05) is 30.3 Å². The fourth-order valence-corrected chi connectivity index (χ4v) is 2.81. The summed E-state index contributed by atoms with van der Waals surface area (Å²) in [5.74, 6) is 0.129. The van der Waals surface area contributed by atoms with E-state index < -0.39 is 0 Å². The lowest BCUT2D eigenvalue weighted by molar-refractivity contribution is 0.102. The summed E-state index contributed by atoms with van der Waals surface area (Å²) in [6.45, 7) is 0.313. The van der Waals surface area contributed by atoms with Gasteiger partial charge in [-0.15, -0.1) is 10.2 Å². The molecule has 2 aromatic carbocycles. The van der Waals surface area contributed by atoms with E-state index in [2.05, 4.69) is 15.5 Å². The lowest BCUT2D eigenvalue weighted by atomic mass is 10.1. The third kappa shape index (κ3) is 3.88. The number of nitrogens with one attached hydrogen (secondary N) is 1. The van der Waals surface area contributed by atoms with E-state index in [1.165, 1.54) is 17.0 Å². The van der Waals surface area contributed by atoms with Crippen LogP contribution < -0.4 is 10.9 Å². The summed E-state index contributed by atoms with van der Waals surface area (Å²) < 4.78 is 6.72. The Morgan fingerprint density at radius 1 is 1.04 bits per heavy atom. The van der Waals surface area contributed by atoms with Crippen LogP contribution in [0.4, 0.5) is 5.69 Å². The molecule has 0 atom stereocenters. The SMILES string of the molecule is O=C(Nc1ccccc1)c1cccc(Cn2cc(-c3nnco3)ccc2=O)c1. The minimum Gasteiger partial charge on any atom is -0.423 e. The number of aromatic nitrogens is 3. The minimum atomic E-state index is -0.208. The summed E-state index contributed by atoms with van der Waals surface area (Å²) in [4.78, 5) is 24.7. The summed E-state index contributed by atoms with van der Waals surface area (Å²) in [5.41, 5.74) is 2.55. The second-order valence-corrected chi connectivity index (χ2v) is 6.15. The highest BCUT2D eigenvalue weighted by Crippen LogP contribution is 2.15. The summed E-state index contributed by atoms with van der Waals surface area (Å²) in [5, 5.41) is 10.4. The predicted molar refractivity (Wildman–Crippen MR) is 104 cm³/mol. The first-order valence-corrected chi connectivity index (χ1v) is 8.61. The van der Waals surface area contributed by atoms with Crippen LogP contribution in [-0.2, 0) is 6.54 Å². The Morgan fingerprint density at radius 2 is 1.89 bits per heavy atom. The molecule has 138 valence electrons. The highest BCUT2D eigenvalue weighted by molar-refractivity contribution is 6.04. The van der Waals surface area contributed by atoms with Gasteiger partial charge in [0.1, 0.15) is 0 Å². The van der Waals surface area contributed by atoms with E-state index in [9.17, 15) is 9.59 Å². The van der Waals surface area contributed by atoms with Crippen LogP contribution >= 0.6 is 0 Å². The van der Waals surface area contributed by atoms with Crippen LogP contribution in [0.2, 0.25) is 0 Å². The first-order chi connectivity index (χ1) is 13.7. The Morgan fingerprint density at radius 3 is 2.68 bits per heavy atom. The molecule has 1 N–H and O–H groups in total. The number of benzene rings is 2. The third-order valence-corrected chi connectivity index (χ3v) is 4.16. The lowest BCUT2D eigenvalue weighted by Gasteiger charge is -2.09. The molecule has 0 fully saturated rings. The fraction of sp³-hybridized carbons (Fsp3) is 0.0476. The average molecular weight is 372 g/mol. The van der Waals surface area contributed by atoms with Crippen molar-refractivity contribution in [3.8, 4) is 11.5 Å². The van der Waals surface area contributed by atoms with Crippen LogP contribution in [-0.4, -0.2) is 20.7 Å². The van der Waals surface area contributed by atoms with Crippen LogP contribution in [0.3, 0.4) is 0 Å². The molecular formula is C21H16N4O3. The standard InChI is InChI=1S/C21H16N4O3/c26-19-10-9-17(21-24-22-14-28-21)13-25(19)12-15-5-4-6-16(11-15)20(27)23-18-7-2-1-3-8-18/h1-11,13-14H,12H2,(H,23,27). The Hall–Kier alpha value is -4.00. The number of para-hydroxylation sites is 1. The molecule has 0 saturated carbocycles. The molecular weight excluding hydrogens is 356 g/mol. The van der Waals surface area contributed by atoms with E-state index in [4.69, 9.17) is 4.42 Å². The van der Waals surface area contributed by atoms with Crippen molar-refractivity contribution < 1.29 is 9.21 Å². The molecule has 0 aliphatic rings. The van der Waals surface area contributed by atoms with Crippen molar-refractivity contribution in [2.45, 2.75) is 6.54 Å². The van der Waals surface area contributed by atoms with Gasteiger partial charge in [0.2, 0.25) is 12.3 Å². The van der Waals surface area contributed by atoms with Gasteiger partial charge >= 0.3 is 0 Å². The largest absolute Gasteiger partial charge is 0.423 e. The summed E-state index contributed by atoms with van der Waals surface area (Å²) in [7, 11) is 0. The molecule has 0 bridgehead atoms. The number of hydrogen-bond acceptors (Lipinski definition) is 5. The topological polar surface area (TPSA) is 90.0 Å². The lowest BCUT2D eigenvalue weighted by Crippen LogP contribution is -2.19. The fourth-order valence-electron chi connectivity index (χ4n) is 2.81. The average Bonchev–Trinajstić information content (AvgIpc) is 3.25. The maximum absolute atomic E-state index is 12.5. The molecule has 4 rings (SSSR count). The first-order valence-electron chi connectivity index (χ1n) is 8.61. The predicted octanol–water partition coefficient (Wildman–Crippen LogP) is 3.20. The Labute approximate surface area is 160 Å². The van der Waals surface area contributed by atoms with E-state index in [0.717, 1.165) is 11.3 Å². The molecule has 0 aliphatic heterocycles. The van der Waals surface area contributed by atoms with Crippen LogP contribution in [0.1, 0.15) is 15.9 Å². The first kappa shape index (κ1) is 17.4. The Balaban J connectivity index is 1.56. The molecule has 7 nitrogen and oxygen atoms in total. The van der Waals surface area contributed by atoms with Crippen molar-refractivity contribution in [2.75, 3.05) is 5.32 Å². The zero-order valence-electron chi connectivity index (χ0n) is 14.8. The maximum atomic E-state index is 12.5. The normalized spacial score (nSPS) is 10.6. The van der Waals surface area contributed by atoms with Gasteiger partial charge in [-0.3, -0.25) is 9.59 Å². The van der Waals surface area contributed by atoms with Crippen molar-refractivity contribution in [2.24, 2.45) is 0 Å². The van der Waals surface area contributed by atoms with Crippen molar-refractivity contribution in [3.63, 3.8) is 0 Å². The zero-order chi connectivity index (χ0) is 19.3. The van der Waals surface area contributed by atoms with Crippen molar-refractivity contribution in [1.82, 2.24) is 14.8 Å².